The molecular formula is C49H84N2O11PS+. The summed E-state index contributed by atoms with van der Waals surface area (Å²) in [6.45, 7) is 3.65. The Hall–Kier alpha value is -3.07. The van der Waals surface area contributed by atoms with Gasteiger partial charge in [-0.3, -0.25) is 23.4 Å². The van der Waals surface area contributed by atoms with Gasteiger partial charge in [-0.15, -0.1) is 11.8 Å². The summed E-state index contributed by atoms with van der Waals surface area (Å²) >= 11 is 1.22. The first-order valence-electron chi connectivity index (χ1n) is 23.3. The van der Waals surface area contributed by atoms with Crippen molar-refractivity contribution in [3.8, 4) is 0 Å². The Morgan fingerprint density at radius 2 is 1.34 bits per heavy atom. The molecule has 0 amide bonds. The number of phosphoric ester groups is 1. The van der Waals surface area contributed by atoms with Crippen LogP contribution in [-0.4, -0.2) is 114 Å². The third-order valence-electron chi connectivity index (χ3n) is 9.41. The van der Waals surface area contributed by atoms with Crippen LogP contribution in [-0.2, 0) is 37.5 Å². The predicted octanol–water partition coefficient (Wildman–Crippen LogP) is 10.1. The highest BCUT2D eigenvalue weighted by Crippen LogP contribution is 2.43. The van der Waals surface area contributed by atoms with Crippen molar-refractivity contribution in [2.75, 3.05) is 53.3 Å². The summed E-state index contributed by atoms with van der Waals surface area (Å²) < 4.78 is 34.4. The van der Waals surface area contributed by atoms with Crippen LogP contribution in [0.2, 0.25) is 0 Å². The molecule has 366 valence electrons. The number of carbonyl (C=O) groups excluding carboxylic acids is 2. The number of hydrogen-bond acceptors (Lipinski definition) is 11. The van der Waals surface area contributed by atoms with Gasteiger partial charge < -0.3 is 34.8 Å². The number of hydrogen-bond donors (Lipinski definition) is 4. The summed E-state index contributed by atoms with van der Waals surface area (Å²) in [6, 6.07) is -1.13. The largest absolute Gasteiger partial charge is 0.481 e. The summed E-state index contributed by atoms with van der Waals surface area (Å²) in [5.74, 6) is -2.27. The lowest BCUT2D eigenvalue weighted by Crippen LogP contribution is -2.39. The van der Waals surface area contributed by atoms with E-state index in [-0.39, 0.29) is 38.0 Å². The average Bonchev–Trinajstić information content (AvgIpc) is 3.23. The number of thioether (sulfide) groups is 1. The van der Waals surface area contributed by atoms with Crippen molar-refractivity contribution in [2.45, 2.75) is 153 Å². The van der Waals surface area contributed by atoms with Gasteiger partial charge in [0, 0.05) is 23.8 Å². The maximum atomic E-state index is 13.0. The quantitative estimate of drug-likeness (QED) is 0.0113. The van der Waals surface area contributed by atoms with Crippen LogP contribution < -0.4 is 5.73 Å². The zero-order chi connectivity index (χ0) is 47.7. The van der Waals surface area contributed by atoms with Crippen LogP contribution in [0, 0.1) is 0 Å². The van der Waals surface area contributed by atoms with Crippen LogP contribution in [0.5, 0.6) is 0 Å². The van der Waals surface area contributed by atoms with Crippen molar-refractivity contribution in [2.24, 2.45) is 5.73 Å². The standard InChI is InChI=1S/C49H83N2O11PS/c1-6-8-10-12-14-16-18-20-21-22-24-26-28-30-32-37-48(55)62-43(41-61-63(57,58)60-39-38-51(3,4)5)40-59-49(56)44(50)42-64-46(45(52)34-33-36-47(53)54)35-31-29-27-25-23-19-17-15-13-11-9-7-2/h8,10,14-17,20-21,23,25,27,29,31,35,43-46,52H,6-7,9,11-13,18-19,22,24,26,28,30,32-34,36-42,50H2,1-5H3,(H-,53,54,57,58)/p+1/b10-8-,16-14-,17-15-,21-20-,25-23-,29-27+,35-31+/t43-,44+,45+,46-/m1/s1. The number of ether oxygens (including phenoxy) is 2. The second-order valence-electron chi connectivity index (χ2n) is 16.6. The molecule has 0 saturated heterocycles. The molecule has 0 aromatic heterocycles. The third kappa shape index (κ3) is 40.4. The minimum Gasteiger partial charge on any atom is -0.481 e. The number of carbonyl (C=O) groups is 3. The molecule has 0 spiro atoms. The molecule has 0 heterocycles. The third-order valence-corrected chi connectivity index (χ3v) is 11.8. The van der Waals surface area contributed by atoms with E-state index in [1.807, 2.05) is 45.4 Å². The van der Waals surface area contributed by atoms with Crippen molar-refractivity contribution < 1.29 is 57.1 Å². The van der Waals surface area contributed by atoms with E-state index in [1.165, 1.54) is 31.0 Å². The van der Waals surface area contributed by atoms with Crippen LogP contribution >= 0.6 is 19.6 Å². The molecule has 0 radical (unpaired) electrons. The number of quaternary nitrogens is 1. The fourth-order valence-corrected chi connectivity index (χ4v) is 7.51. The molecule has 0 aliphatic carbocycles. The van der Waals surface area contributed by atoms with Crippen molar-refractivity contribution in [1.29, 1.82) is 0 Å². The van der Waals surface area contributed by atoms with Crippen LogP contribution in [0.25, 0.3) is 0 Å². The van der Waals surface area contributed by atoms with Gasteiger partial charge in [-0.05, 0) is 70.6 Å². The summed E-state index contributed by atoms with van der Waals surface area (Å²) in [5, 5.41) is 19.5. The molecule has 0 aromatic carbocycles. The highest BCUT2D eigenvalue weighted by atomic mass is 32.2. The maximum absolute atomic E-state index is 13.0. The Labute approximate surface area is 390 Å². The van der Waals surface area contributed by atoms with E-state index >= 15 is 0 Å². The molecule has 0 aliphatic rings. The second-order valence-corrected chi connectivity index (χ2v) is 19.3. The second kappa shape index (κ2) is 40.2. The monoisotopic (exact) mass is 940 g/mol. The van der Waals surface area contributed by atoms with Gasteiger partial charge in [0.2, 0.25) is 0 Å². The van der Waals surface area contributed by atoms with Crippen molar-refractivity contribution in [3.63, 3.8) is 0 Å². The topological polar surface area (TPSA) is 192 Å². The molecule has 1 unspecified atom stereocenters. The van der Waals surface area contributed by atoms with Gasteiger partial charge in [0.15, 0.2) is 6.10 Å². The molecule has 13 nitrogen and oxygen atoms in total. The van der Waals surface area contributed by atoms with Gasteiger partial charge in [0.05, 0.1) is 33.9 Å². The van der Waals surface area contributed by atoms with Gasteiger partial charge in [0.25, 0.3) is 0 Å². The molecule has 0 aromatic rings. The average molecular weight is 940 g/mol. The lowest BCUT2D eigenvalue weighted by Gasteiger charge is -2.24. The normalized spacial score (nSPS) is 15.6. The minimum absolute atomic E-state index is 0.0514. The van der Waals surface area contributed by atoms with E-state index in [1.54, 1.807) is 12.2 Å². The highest BCUT2D eigenvalue weighted by Gasteiger charge is 2.28. The first-order chi connectivity index (χ1) is 30.6. The maximum Gasteiger partial charge on any atom is 0.472 e. The number of carboxylic acid groups (broad SMARTS) is 1. The van der Waals surface area contributed by atoms with Crippen LogP contribution in [0.1, 0.15) is 129 Å². The number of nitrogens with zero attached hydrogens (tertiary/aromatic N) is 1. The van der Waals surface area contributed by atoms with Gasteiger partial charge in [-0.25, -0.2) is 4.57 Å². The Morgan fingerprint density at radius 1 is 0.734 bits per heavy atom. The van der Waals surface area contributed by atoms with E-state index in [0.29, 0.717) is 17.4 Å². The number of carboxylic acids is 1. The number of likely N-dealkylation sites (N-methyl/N-ethyl adjacent to an activating group) is 1. The molecular weight excluding hydrogens is 856 g/mol. The molecule has 0 aliphatic heterocycles. The van der Waals surface area contributed by atoms with E-state index in [2.05, 4.69) is 62.5 Å². The molecule has 5 N–H and O–H groups in total. The number of esters is 2. The summed E-state index contributed by atoms with van der Waals surface area (Å²) in [6.07, 6.45) is 41.0. The lowest BCUT2D eigenvalue weighted by molar-refractivity contribution is -0.870. The zero-order valence-corrected chi connectivity index (χ0v) is 41.4. The van der Waals surface area contributed by atoms with Crippen molar-refractivity contribution in [1.82, 2.24) is 0 Å². The zero-order valence-electron chi connectivity index (χ0n) is 39.6. The van der Waals surface area contributed by atoms with E-state index in [4.69, 9.17) is 29.4 Å². The Morgan fingerprint density at radius 3 is 2.00 bits per heavy atom. The first kappa shape index (κ1) is 60.9. The molecule has 0 saturated carbocycles. The number of phosphoric acid groups is 1. The molecule has 5 atom stereocenters. The van der Waals surface area contributed by atoms with Gasteiger partial charge in [-0.1, -0.05) is 131 Å². The molecule has 15 heteroatoms. The molecule has 0 rings (SSSR count). The predicted molar refractivity (Wildman–Crippen MR) is 262 cm³/mol. The molecule has 0 bridgehead atoms. The summed E-state index contributed by atoms with van der Waals surface area (Å²) in [4.78, 5) is 47.2. The number of aliphatic hydroxyl groups excluding tert-OH is 1. The Balaban J connectivity index is 5.27. The number of nitrogens with two attached hydrogens (primary N) is 1. The summed E-state index contributed by atoms with van der Waals surface area (Å²) in [5.41, 5.74) is 6.20. The highest BCUT2D eigenvalue weighted by molar-refractivity contribution is 8.00. The van der Waals surface area contributed by atoms with E-state index < -0.39 is 62.4 Å². The number of rotatable bonds is 41. The molecule has 64 heavy (non-hydrogen) atoms. The SMILES string of the molecule is CC/C=C\C/C=C\C/C=C\CCCCCCCC(=O)O[C@H](COC(=O)[C@@H](N)CS[C@H](/C=C/C=C/C=C\C/C=C\CCCCC)[C@@H](O)CCCC(=O)O)COP(=O)(O)OCC[N+](C)(C)C. The number of allylic oxidation sites excluding steroid dienone is 13. The first-order valence-corrected chi connectivity index (χ1v) is 25.8. The number of unbranched alkanes of at least 4 members (excludes halogenated alkanes) is 8. The van der Waals surface area contributed by atoms with Crippen molar-refractivity contribution >= 4 is 37.5 Å². The van der Waals surface area contributed by atoms with Crippen LogP contribution in [0.15, 0.2) is 85.1 Å². The van der Waals surface area contributed by atoms with Gasteiger partial charge in [-0.2, -0.15) is 0 Å². The fourth-order valence-electron chi connectivity index (χ4n) is 5.64. The van der Waals surface area contributed by atoms with Gasteiger partial charge >= 0.3 is 25.7 Å². The summed E-state index contributed by atoms with van der Waals surface area (Å²) in [7, 11) is 1.19. The number of aliphatic carboxylic acids is 1. The minimum atomic E-state index is -4.52. The Kier molecular flexibility index (Phi) is 38.3. The van der Waals surface area contributed by atoms with Crippen LogP contribution in [0.4, 0.5) is 0 Å². The fraction of sp³-hybridized carbons (Fsp3) is 0.653. The Bertz CT molecular complexity index is 1490. The number of aliphatic hydroxyl groups is 1. The van der Waals surface area contributed by atoms with Crippen LogP contribution in [0.3, 0.4) is 0 Å². The van der Waals surface area contributed by atoms with E-state index in [0.717, 1.165) is 64.2 Å². The van der Waals surface area contributed by atoms with E-state index in [9.17, 15) is 28.9 Å². The molecule has 0 fully saturated rings. The lowest BCUT2D eigenvalue weighted by atomic mass is 10.1. The van der Waals surface area contributed by atoms with Crippen molar-refractivity contribution in [3.05, 3.63) is 85.1 Å². The smallest absolute Gasteiger partial charge is 0.472 e. The van der Waals surface area contributed by atoms with Gasteiger partial charge in [0.1, 0.15) is 25.8 Å².